The van der Waals surface area contributed by atoms with Crippen molar-refractivity contribution < 1.29 is 23.1 Å². The fourth-order valence-electron chi connectivity index (χ4n) is 1.39. The van der Waals surface area contributed by atoms with E-state index in [9.17, 15) is 18.0 Å². The number of carbonyl (C=O) groups excluding carboxylic acids is 1. The van der Waals surface area contributed by atoms with Crippen molar-refractivity contribution in [2.75, 3.05) is 16.3 Å². The molecule has 1 atom stereocenters. The first kappa shape index (κ1) is 15.9. The smallest absolute Gasteiger partial charge is 0.305 e. The number of sulfonamides is 1. The Labute approximate surface area is 116 Å². The predicted octanol–water partition coefficient (Wildman–Crippen LogP) is -0.201. The van der Waals surface area contributed by atoms with Gasteiger partial charge in [0.25, 0.3) is 0 Å². The molecule has 1 aromatic carbocycles. The van der Waals surface area contributed by atoms with Crippen molar-refractivity contribution in [1.29, 1.82) is 0 Å². The lowest BCUT2D eigenvalue weighted by Gasteiger charge is -2.14. The summed E-state index contributed by atoms with van der Waals surface area (Å²) in [5.41, 5.74) is 5.78. The van der Waals surface area contributed by atoms with Gasteiger partial charge in [0, 0.05) is 0 Å². The Bertz CT molecular complexity index is 614. The molecule has 0 fully saturated rings. The van der Waals surface area contributed by atoms with Crippen molar-refractivity contribution >= 4 is 33.3 Å². The quantitative estimate of drug-likeness (QED) is 0.574. The number of nitrogens with one attached hydrogen (secondary N) is 2. The first-order valence-corrected chi connectivity index (χ1v) is 7.43. The molecule has 1 unspecified atom stereocenters. The Morgan fingerprint density at radius 1 is 1.30 bits per heavy atom. The zero-order chi connectivity index (χ0) is 15.3. The van der Waals surface area contributed by atoms with Gasteiger partial charge in [-0.2, -0.15) is 0 Å². The maximum absolute atomic E-state index is 11.7. The number of hydrogen-bond donors (Lipinski definition) is 4. The van der Waals surface area contributed by atoms with E-state index in [2.05, 4.69) is 10.0 Å². The highest BCUT2D eigenvalue weighted by atomic mass is 32.2. The fraction of sp³-hybridized carbons (Fsp3) is 0.273. The first-order chi connectivity index (χ1) is 9.19. The van der Waals surface area contributed by atoms with E-state index in [0.717, 1.165) is 6.26 Å². The molecule has 0 bridgehead atoms. The van der Waals surface area contributed by atoms with E-state index in [1.54, 1.807) is 12.1 Å². The van der Waals surface area contributed by atoms with Gasteiger partial charge in [0.05, 0.1) is 30.1 Å². The van der Waals surface area contributed by atoms with Gasteiger partial charge in [-0.15, -0.1) is 0 Å². The Morgan fingerprint density at radius 2 is 1.85 bits per heavy atom. The summed E-state index contributed by atoms with van der Waals surface area (Å²) in [7, 11) is -3.50. The summed E-state index contributed by atoms with van der Waals surface area (Å²) in [6.07, 6.45) is 0.454. The summed E-state index contributed by atoms with van der Waals surface area (Å²) < 4.78 is 24.6. The standard InChI is InChI=1S/C11H15N3O5S/c1-20(18,19)14-9-5-3-2-4-8(9)13-11(17)7(12)6-10(15)16/h2-5,7,14H,6,12H2,1H3,(H,13,17)(H,15,16). The van der Waals surface area contributed by atoms with Crippen LogP contribution in [0.1, 0.15) is 6.42 Å². The van der Waals surface area contributed by atoms with Crippen LogP contribution in [-0.2, 0) is 19.6 Å². The molecular formula is C11H15N3O5S. The summed E-state index contributed by atoms with van der Waals surface area (Å²) in [4.78, 5) is 22.2. The van der Waals surface area contributed by atoms with E-state index < -0.39 is 34.4 Å². The molecule has 0 aliphatic heterocycles. The minimum atomic E-state index is -3.50. The van der Waals surface area contributed by atoms with Crippen molar-refractivity contribution in [1.82, 2.24) is 0 Å². The molecule has 1 aromatic rings. The van der Waals surface area contributed by atoms with Crippen LogP contribution >= 0.6 is 0 Å². The number of carboxylic acid groups (broad SMARTS) is 1. The van der Waals surface area contributed by atoms with Crippen LogP contribution in [0.25, 0.3) is 0 Å². The Balaban J connectivity index is 2.87. The van der Waals surface area contributed by atoms with Crippen molar-refractivity contribution in [3.05, 3.63) is 24.3 Å². The van der Waals surface area contributed by atoms with E-state index in [1.807, 2.05) is 0 Å². The van der Waals surface area contributed by atoms with Crippen LogP contribution < -0.4 is 15.8 Å². The summed E-state index contributed by atoms with van der Waals surface area (Å²) in [5.74, 6) is -1.91. The van der Waals surface area contributed by atoms with Crippen molar-refractivity contribution in [2.24, 2.45) is 5.73 Å². The molecule has 0 spiro atoms. The maximum Gasteiger partial charge on any atom is 0.305 e. The molecular weight excluding hydrogens is 286 g/mol. The SMILES string of the molecule is CS(=O)(=O)Nc1ccccc1NC(=O)C(N)CC(=O)O. The molecule has 0 heterocycles. The number of para-hydroxylation sites is 2. The topological polar surface area (TPSA) is 139 Å². The van der Waals surface area contributed by atoms with Crippen LogP contribution in [0.2, 0.25) is 0 Å². The van der Waals surface area contributed by atoms with Gasteiger partial charge >= 0.3 is 5.97 Å². The molecule has 1 amide bonds. The number of rotatable bonds is 6. The Kier molecular flexibility index (Phi) is 5.06. The van der Waals surface area contributed by atoms with Crippen molar-refractivity contribution in [3.8, 4) is 0 Å². The summed E-state index contributed by atoms with van der Waals surface area (Å²) >= 11 is 0. The monoisotopic (exact) mass is 301 g/mol. The van der Waals surface area contributed by atoms with Crippen LogP contribution in [0.3, 0.4) is 0 Å². The molecule has 5 N–H and O–H groups in total. The van der Waals surface area contributed by atoms with E-state index in [1.165, 1.54) is 12.1 Å². The average Bonchev–Trinajstić information content (AvgIpc) is 2.28. The van der Waals surface area contributed by atoms with Gasteiger partial charge in [0.2, 0.25) is 15.9 Å². The molecule has 0 aliphatic carbocycles. The average molecular weight is 301 g/mol. The van der Waals surface area contributed by atoms with Crippen molar-refractivity contribution in [3.63, 3.8) is 0 Å². The minimum Gasteiger partial charge on any atom is -0.481 e. The fourth-order valence-corrected chi connectivity index (χ4v) is 1.96. The second kappa shape index (κ2) is 6.35. The lowest BCUT2D eigenvalue weighted by Crippen LogP contribution is -2.37. The summed E-state index contributed by atoms with van der Waals surface area (Å²) in [6, 6.07) is 4.88. The Morgan fingerprint density at radius 3 is 2.35 bits per heavy atom. The molecule has 1 rings (SSSR count). The lowest BCUT2D eigenvalue weighted by molar-refractivity contribution is -0.138. The molecule has 0 aromatic heterocycles. The zero-order valence-corrected chi connectivity index (χ0v) is 11.5. The molecule has 0 radical (unpaired) electrons. The van der Waals surface area contributed by atoms with Crippen LogP contribution in [0.5, 0.6) is 0 Å². The molecule has 0 saturated carbocycles. The lowest BCUT2D eigenvalue weighted by atomic mass is 10.2. The highest BCUT2D eigenvalue weighted by molar-refractivity contribution is 7.92. The number of amides is 1. The minimum absolute atomic E-state index is 0.172. The van der Waals surface area contributed by atoms with Crippen LogP contribution in [0.15, 0.2) is 24.3 Å². The van der Waals surface area contributed by atoms with Gasteiger partial charge in [0.15, 0.2) is 0 Å². The second-order valence-electron chi connectivity index (χ2n) is 4.11. The largest absolute Gasteiger partial charge is 0.481 e. The van der Waals surface area contributed by atoms with Crippen LogP contribution in [-0.4, -0.2) is 37.7 Å². The summed E-state index contributed by atoms with van der Waals surface area (Å²) in [6.45, 7) is 0. The zero-order valence-electron chi connectivity index (χ0n) is 10.7. The van der Waals surface area contributed by atoms with Crippen LogP contribution in [0.4, 0.5) is 11.4 Å². The van der Waals surface area contributed by atoms with Gasteiger partial charge < -0.3 is 16.2 Å². The number of carboxylic acids is 1. The first-order valence-electron chi connectivity index (χ1n) is 5.54. The third-order valence-electron chi connectivity index (χ3n) is 2.21. The van der Waals surface area contributed by atoms with E-state index in [4.69, 9.17) is 10.8 Å². The molecule has 110 valence electrons. The van der Waals surface area contributed by atoms with E-state index >= 15 is 0 Å². The Hall–Kier alpha value is -2.13. The van der Waals surface area contributed by atoms with Crippen LogP contribution in [0, 0.1) is 0 Å². The van der Waals surface area contributed by atoms with Gasteiger partial charge in [-0.05, 0) is 12.1 Å². The van der Waals surface area contributed by atoms with E-state index in [-0.39, 0.29) is 11.4 Å². The molecule has 20 heavy (non-hydrogen) atoms. The molecule has 8 nitrogen and oxygen atoms in total. The normalized spacial score (nSPS) is 12.5. The number of aliphatic carboxylic acids is 1. The predicted molar refractivity (Wildman–Crippen MR) is 73.8 cm³/mol. The third kappa shape index (κ3) is 5.24. The molecule has 9 heteroatoms. The van der Waals surface area contributed by atoms with Gasteiger partial charge in [0.1, 0.15) is 0 Å². The number of carbonyl (C=O) groups is 2. The highest BCUT2D eigenvalue weighted by Crippen LogP contribution is 2.22. The maximum atomic E-state index is 11.7. The number of anilines is 2. The number of hydrogen-bond acceptors (Lipinski definition) is 5. The van der Waals surface area contributed by atoms with Crippen molar-refractivity contribution in [2.45, 2.75) is 12.5 Å². The number of benzene rings is 1. The van der Waals surface area contributed by atoms with Gasteiger partial charge in [-0.25, -0.2) is 8.42 Å². The van der Waals surface area contributed by atoms with Gasteiger partial charge in [-0.3, -0.25) is 14.3 Å². The number of nitrogens with two attached hydrogens (primary N) is 1. The second-order valence-corrected chi connectivity index (χ2v) is 5.86. The van der Waals surface area contributed by atoms with E-state index in [0.29, 0.717) is 0 Å². The highest BCUT2D eigenvalue weighted by Gasteiger charge is 2.18. The van der Waals surface area contributed by atoms with Gasteiger partial charge in [-0.1, -0.05) is 12.1 Å². The molecule has 0 saturated heterocycles. The summed E-state index contributed by atoms with van der Waals surface area (Å²) in [5, 5.41) is 10.9. The third-order valence-corrected chi connectivity index (χ3v) is 2.80. The molecule has 0 aliphatic rings.